The molecule has 0 saturated carbocycles. The molecule has 2 heterocycles. The first-order chi connectivity index (χ1) is 9.37. The van der Waals surface area contributed by atoms with E-state index >= 15 is 0 Å². The van der Waals surface area contributed by atoms with Gasteiger partial charge in [-0.25, -0.2) is 9.78 Å². The number of thiazole rings is 1. The molecule has 20 heavy (non-hydrogen) atoms. The van der Waals surface area contributed by atoms with Gasteiger partial charge >= 0.3 is 5.97 Å². The predicted molar refractivity (Wildman–Crippen MR) is 80.6 cm³/mol. The molecule has 1 aliphatic heterocycles. The molecule has 3 rings (SSSR count). The van der Waals surface area contributed by atoms with Gasteiger partial charge in [0.15, 0.2) is 9.61 Å². The molecule has 0 aliphatic carbocycles. The minimum atomic E-state index is -1.03. The van der Waals surface area contributed by atoms with Crippen LogP contribution in [0.5, 0.6) is 5.75 Å². The monoisotopic (exact) mass is 353 g/mol. The van der Waals surface area contributed by atoms with Crippen molar-refractivity contribution in [3.63, 3.8) is 0 Å². The molecule has 0 atom stereocenters. The van der Waals surface area contributed by atoms with Gasteiger partial charge in [-0.2, -0.15) is 0 Å². The van der Waals surface area contributed by atoms with E-state index in [0.29, 0.717) is 8.79 Å². The molecule has 0 amide bonds. The van der Waals surface area contributed by atoms with Crippen molar-refractivity contribution >= 4 is 33.2 Å². The Hall–Kier alpha value is -1.40. The second kappa shape index (κ2) is 4.56. The molecule has 0 saturated heterocycles. The van der Waals surface area contributed by atoms with Crippen molar-refractivity contribution in [3.8, 4) is 16.2 Å². The van der Waals surface area contributed by atoms with Crippen molar-refractivity contribution in [1.82, 2.24) is 4.98 Å². The van der Waals surface area contributed by atoms with Crippen molar-refractivity contribution in [3.05, 3.63) is 33.4 Å². The van der Waals surface area contributed by atoms with Crippen LogP contribution >= 0.6 is 27.3 Å². The topological polar surface area (TPSA) is 59.4 Å². The number of para-hydroxylation sites is 1. The molecule has 4 nitrogen and oxygen atoms in total. The first-order valence-corrected chi connectivity index (χ1v) is 7.69. The van der Waals surface area contributed by atoms with Gasteiger partial charge in [-0.05, 0) is 41.4 Å². The van der Waals surface area contributed by atoms with E-state index in [1.54, 1.807) is 0 Å². The summed E-state index contributed by atoms with van der Waals surface area (Å²) in [6.45, 7) is 4.05. The van der Waals surface area contributed by atoms with Gasteiger partial charge in [-0.3, -0.25) is 0 Å². The average Bonchev–Trinajstić information content (AvgIpc) is 2.86. The largest absolute Gasteiger partial charge is 0.487 e. The van der Waals surface area contributed by atoms with E-state index in [1.807, 2.05) is 32.0 Å². The highest BCUT2D eigenvalue weighted by Crippen LogP contribution is 2.45. The zero-order valence-corrected chi connectivity index (χ0v) is 13.3. The fourth-order valence-corrected chi connectivity index (χ4v) is 3.88. The van der Waals surface area contributed by atoms with Gasteiger partial charge in [0.1, 0.15) is 11.4 Å². The fourth-order valence-electron chi connectivity index (χ4n) is 2.42. The summed E-state index contributed by atoms with van der Waals surface area (Å²) in [4.78, 5) is 16.0. The minimum Gasteiger partial charge on any atom is -0.487 e. The van der Waals surface area contributed by atoms with Crippen molar-refractivity contribution in [1.29, 1.82) is 0 Å². The van der Waals surface area contributed by atoms with Crippen LogP contribution in [0.15, 0.2) is 22.1 Å². The Morgan fingerprint density at radius 2 is 2.25 bits per heavy atom. The molecule has 0 spiro atoms. The molecule has 0 fully saturated rings. The molecule has 1 aliphatic rings. The highest BCUT2D eigenvalue weighted by molar-refractivity contribution is 9.11. The van der Waals surface area contributed by atoms with Crippen LogP contribution < -0.4 is 4.74 Å². The SMILES string of the molecule is CC1(C)Cc2cccc(-c3sc(Br)nc3C(=O)O)c2O1. The van der Waals surface area contributed by atoms with Gasteiger partial charge in [0.2, 0.25) is 0 Å². The number of hydrogen-bond acceptors (Lipinski definition) is 4. The standard InChI is InChI=1S/C14H12BrNO3S/c1-14(2)6-7-4-3-5-8(10(7)19-14)11-9(12(17)18)16-13(15)20-11/h3-5H,6H2,1-2H3,(H,17,18). The molecule has 6 heteroatoms. The summed E-state index contributed by atoms with van der Waals surface area (Å²) in [6.07, 6.45) is 0.818. The number of aromatic nitrogens is 1. The van der Waals surface area contributed by atoms with Gasteiger partial charge in [-0.15, -0.1) is 11.3 Å². The normalized spacial score (nSPS) is 15.8. The first-order valence-electron chi connectivity index (χ1n) is 6.08. The molecule has 1 N–H and O–H groups in total. The molecule has 2 aromatic rings. The maximum Gasteiger partial charge on any atom is 0.356 e. The Balaban J connectivity index is 2.19. The Kier molecular flexibility index (Phi) is 3.10. The minimum absolute atomic E-state index is 0.0589. The molecule has 0 bridgehead atoms. The van der Waals surface area contributed by atoms with Crippen LogP contribution in [-0.2, 0) is 6.42 Å². The summed E-state index contributed by atoms with van der Waals surface area (Å²) in [5.74, 6) is -0.257. The number of halogens is 1. The number of carboxylic acids is 1. The van der Waals surface area contributed by atoms with Crippen LogP contribution in [0.2, 0.25) is 0 Å². The lowest BCUT2D eigenvalue weighted by molar-refractivity contribution is 0.0692. The van der Waals surface area contributed by atoms with E-state index in [9.17, 15) is 9.90 Å². The number of fused-ring (bicyclic) bond motifs is 1. The highest BCUT2D eigenvalue weighted by atomic mass is 79.9. The molecule has 104 valence electrons. The summed E-state index contributed by atoms with van der Waals surface area (Å²) >= 11 is 4.56. The van der Waals surface area contributed by atoms with E-state index < -0.39 is 5.97 Å². The summed E-state index contributed by atoms with van der Waals surface area (Å²) in [7, 11) is 0. The predicted octanol–water partition coefficient (Wildman–Crippen LogP) is 3.98. The zero-order valence-electron chi connectivity index (χ0n) is 10.9. The lowest BCUT2D eigenvalue weighted by Gasteiger charge is -2.18. The second-order valence-electron chi connectivity index (χ2n) is 5.28. The average molecular weight is 354 g/mol. The van der Waals surface area contributed by atoms with Crippen molar-refractivity contribution in [2.24, 2.45) is 0 Å². The number of hydrogen-bond donors (Lipinski definition) is 1. The molecule has 0 unspecified atom stereocenters. The lowest BCUT2D eigenvalue weighted by Crippen LogP contribution is -2.24. The number of rotatable bonds is 2. The smallest absolute Gasteiger partial charge is 0.356 e. The van der Waals surface area contributed by atoms with E-state index in [1.165, 1.54) is 11.3 Å². The third-order valence-electron chi connectivity index (χ3n) is 3.14. The van der Waals surface area contributed by atoms with Crippen LogP contribution in [0.3, 0.4) is 0 Å². The summed E-state index contributed by atoms with van der Waals surface area (Å²) < 4.78 is 6.55. The molecule has 0 radical (unpaired) electrons. The molecule has 1 aromatic carbocycles. The van der Waals surface area contributed by atoms with E-state index in [-0.39, 0.29) is 11.3 Å². The zero-order chi connectivity index (χ0) is 14.5. The fraction of sp³-hybridized carbons (Fsp3) is 0.286. The number of benzene rings is 1. The molecular formula is C14H12BrNO3S. The maximum atomic E-state index is 11.3. The Labute approximate surface area is 128 Å². The van der Waals surface area contributed by atoms with Gasteiger partial charge in [-0.1, -0.05) is 12.1 Å². The van der Waals surface area contributed by atoms with E-state index in [2.05, 4.69) is 20.9 Å². The quantitative estimate of drug-likeness (QED) is 0.886. The number of ether oxygens (including phenoxy) is 1. The van der Waals surface area contributed by atoms with Gasteiger partial charge in [0.05, 0.1) is 4.88 Å². The van der Waals surface area contributed by atoms with Crippen molar-refractivity contribution in [2.45, 2.75) is 25.9 Å². The maximum absolute atomic E-state index is 11.3. The Morgan fingerprint density at radius 1 is 1.50 bits per heavy atom. The Morgan fingerprint density at radius 3 is 2.95 bits per heavy atom. The highest BCUT2D eigenvalue weighted by Gasteiger charge is 2.33. The van der Waals surface area contributed by atoms with Crippen LogP contribution in [-0.4, -0.2) is 21.7 Å². The third kappa shape index (κ3) is 2.23. The van der Waals surface area contributed by atoms with E-state index in [0.717, 1.165) is 23.3 Å². The van der Waals surface area contributed by atoms with Crippen LogP contribution in [0, 0.1) is 0 Å². The van der Waals surface area contributed by atoms with Gasteiger partial charge in [0.25, 0.3) is 0 Å². The van der Waals surface area contributed by atoms with Gasteiger partial charge < -0.3 is 9.84 Å². The third-order valence-corrected chi connectivity index (χ3v) is 4.68. The molecule has 1 aromatic heterocycles. The van der Waals surface area contributed by atoms with Crippen molar-refractivity contribution in [2.75, 3.05) is 0 Å². The van der Waals surface area contributed by atoms with Crippen molar-refractivity contribution < 1.29 is 14.6 Å². The van der Waals surface area contributed by atoms with Crippen LogP contribution in [0.1, 0.15) is 29.9 Å². The van der Waals surface area contributed by atoms with Crippen LogP contribution in [0.25, 0.3) is 10.4 Å². The first kappa shape index (κ1) is 13.6. The second-order valence-corrected chi connectivity index (χ2v) is 7.56. The van der Waals surface area contributed by atoms with E-state index in [4.69, 9.17) is 4.74 Å². The Bertz CT molecular complexity index is 708. The number of aromatic carboxylic acids is 1. The summed E-state index contributed by atoms with van der Waals surface area (Å²) in [6, 6.07) is 5.83. The van der Waals surface area contributed by atoms with Gasteiger partial charge in [0, 0.05) is 12.0 Å². The number of carbonyl (C=O) groups is 1. The lowest BCUT2D eigenvalue weighted by atomic mass is 10.00. The van der Waals surface area contributed by atoms with Crippen LogP contribution in [0.4, 0.5) is 0 Å². The summed E-state index contributed by atoms with van der Waals surface area (Å²) in [5, 5.41) is 9.27. The number of carboxylic acid groups (broad SMARTS) is 1. The summed E-state index contributed by atoms with van der Waals surface area (Å²) in [5.41, 5.74) is 1.70. The number of nitrogens with zero attached hydrogens (tertiary/aromatic N) is 1. The molecular weight excluding hydrogens is 342 g/mol.